The van der Waals surface area contributed by atoms with Crippen molar-refractivity contribution in [2.24, 2.45) is 4.99 Å². The van der Waals surface area contributed by atoms with Crippen LogP contribution >= 0.6 is 24.0 Å². The van der Waals surface area contributed by atoms with Gasteiger partial charge in [0.15, 0.2) is 11.8 Å². The van der Waals surface area contributed by atoms with E-state index in [-0.39, 0.29) is 24.0 Å². The van der Waals surface area contributed by atoms with E-state index in [0.717, 1.165) is 80.2 Å². The average Bonchev–Trinajstić information content (AvgIpc) is 3.49. The van der Waals surface area contributed by atoms with Crippen molar-refractivity contribution in [2.45, 2.75) is 45.3 Å². The number of halogens is 1. The zero-order valence-electron chi connectivity index (χ0n) is 18.4. The van der Waals surface area contributed by atoms with Crippen molar-refractivity contribution in [3.8, 4) is 11.5 Å². The van der Waals surface area contributed by atoms with Crippen molar-refractivity contribution in [1.29, 1.82) is 0 Å². The van der Waals surface area contributed by atoms with E-state index < -0.39 is 0 Å². The molecule has 3 heterocycles. The number of rotatable bonds is 7. The SMILES string of the molecule is CCNC(=NCc1nnc2n1CCC2)NC1CCN(c2cc(OC)cc(OC)c2)C1.I. The minimum Gasteiger partial charge on any atom is -0.497 e. The summed E-state index contributed by atoms with van der Waals surface area (Å²) in [6, 6.07) is 6.31. The van der Waals surface area contributed by atoms with Crippen molar-refractivity contribution in [3.63, 3.8) is 0 Å². The van der Waals surface area contributed by atoms with Gasteiger partial charge >= 0.3 is 0 Å². The van der Waals surface area contributed by atoms with Crippen LogP contribution in [0.25, 0.3) is 0 Å². The maximum atomic E-state index is 5.41. The van der Waals surface area contributed by atoms with Gasteiger partial charge in [0.2, 0.25) is 0 Å². The number of hydrogen-bond acceptors (Lipinski definition) is 6. The molecule has 0 saturated carbocycles. The van der Waals surface area contributed by atoms with E-state index in [0.29, 0.717) is 12.6 Å². The van der Waals surface area contributed by atoms with Crippen molar-refractivity contribution in [1.82, 2.24) is 25.4 Å². The van der Waals surface area contributed by atoms with E-state index in [1.807, 2.05) is 6.07 Å². The normalized spacial score (nSPS) is 17.8. The monoisotopic (exact) mass is 541 g/mol. The molecule has 170 valence electrons. The molecule has 2 aliphatic rings. The highest BCUT2D eigenvalue weighted by atomic mass is 127. The van der Waals surface area contributed by atoms with Gasteiger partial charge in [-0.15, -0.1) is 34.2 Å². The number of methoxy groups -OCH3 is 2. The lowest BCUT2D eigenvalue weighted by molar-refractivity contribution is 0.394. The number of fused-ring (bicyclic) bond motifs is 1. The molecule has 0 radical (unpaired) electrons. The third kappa shape index (κ3) is 5.52. The second-order valence-electron chi connectivity index (χ2n) is 7.63. The Kier molecular flexibility index (Phi) is 8.22. The molecule has 2 aromatic rings. The van der Waals surface area contributed by atoms with Crippen LogP contribution < -0.4 is 25.0 Å². The molecule has 9 nitrogen and oxygen atoms in total. The number of aromatic nitrogens is 3. The first-order chi connectivity index (χ1) is 14.7. The molecule has 31 heavy (non-hydrogen) atoms. The summed E-state index contributed by atoms with van der Waals surface area (Å²) in [5.74, 6) is 4.45. The Morgan fingerprint density at radius 2 is 1.94 bits per heavy atom. The van der Waals surface area contributed by atoms with Crippen molar-refractivity contribution < 1.29 is 9.47 Å². The smallest absolute Gasteiger partial charge is 0.191 e. The van der Waals surface area contributed by atoms with Crippen molar-refractivity contribution in [2.75, 3.05) is 38.8 Å². The third-order valence-corrected chi connectivity index (χ3v) is 5.64. The number of ether oxygens (including phenoxy) is 2. The number of guanidine groups is 1. The van der Waals surface area contributed by atoms with E-state index in [4.69, 9.17) is 14.5 Å². The van der Waals surface area contributed by atoms with Crippen LogP contribution in [-0.2, 0) is 19.5 Å². The molecule has 0 aliphatic carbocycles. The summed E-state index contributed by atoms with van der Waals surface area (Å²) < 4.78 is 13.0. The van der Waals surface area contributed by atoms with Gasteiger partial charge in [0.05, 0.1) is 14.2 Å². The number of aliphatic imine (C=N–C) groups is 1. The van der Waals surface area contributed by atoms with Gasteiger partial charge in [-0.25, -0.2) is 4.99 Å². The molecule has 1 aromatic heterocycles. The summed E-state index contributed by atoms with van der Waals surface area (Å²) in [7, 11) is 3.35. The summed E-state index contributed by atoms with van der Waals surface area (Å²) in [5, 5.41) is 15.5. The van der Waals surface area contributed by atoms with Crippen LogP contribution in [0, 0.1) is 0 Å². The lowest BCUT2D eigenvalue weighted by Crippen LogP contribution is -2.44. The third-order valence-electron chi connectivity index (χ3n) is 5.64. The lowest BCUT2D eigenvalue weighted by Gasteiger charge is -2.21. The van der Waals surface area contributed by atoms with Crippen LogP contribution in [-0.4, -0.2) is 60.6 Å². The second kappa shape index (κ2) is 10.9. The van der Waals surface area contributed by atoms with Gasteiger partial charge in [-0.1, -0.05) is 0 Å². The first-order valence-corrected chi connectivity index (χ1v) is 10.6. The minimum absolute atomic E-state index is 0. The molecular weight excluding hydrogens is 509 g/mol. The fourth-order valence-corrected chi connectivity index (χ4v) is 4.08. The Morgan fingerprint density at radius 3 is 2.65 bits per heavy atom. The van der Waals surface area contributed by atoms with E-state index in [1.165, 1.54) is 0 Å². The Balaban J connectivity index is 0.00000272. The number of benzene rings is 1. The highest BCUT2D eigenvalue weighted by molar-refractivity contribution is 14.0. The molecule has 10 heteroatoms. The Labute approximate surface area is 200 Å². The topological polar surface area (TPSA) is 88.8 Å². The number of aryl methyl sites for hydroxylation is 1. The highest BCUT2D eigenvalue weighted by Gasteiger charge is 2.24. The molecule has 2 aliphatic heterocycles. The van der Waals surface area contributed by atoms with Gasteiger partial charge in [0.25, 0.3) is 0 Å². The molecular formula is C21H32IN7O2. The summed E-state index contributed by atoms with van der Waals surface area (Å²) >= 11 is 0. The van der Waals surface area contributed by atoms with E-state index in [2.05, 4.69) is 49.4 Å². The Morgan fingerprint density at radius 1 is 1.16 bits per heavy atom. The molecule has 1 unspecified atom stereocenters. The molecule has 4 rings (SSSR count). The largest absolute Gasteiger partial charge is 0.497 e. The maximum absolute atomic E-state index is 5.41. The summed E-state index contributed by atoms with van der Waals surface area (Å²) in [4.78, 5) is 7.11. The van der Waals surface area contributed by atoms with Crippen LogP contribution in [0.3, 0.4) is 0 Å². The number of nitrogens with zero attached hydrogens (tertiary/aromatic N) is 5. The minimum atomic E-state index is 0. The molecule has 1 fully saturated rings. The van der Waals surface area contributed by atoms with E-state index in [1.54, 1.807) is 14.2 Å². The zero-order chi connectivity index (χ0) is 20.9. The van der Waals surface area contributed by atoms with Gasteiger partial charge in [0.1, 0.15) is 23.9 Å². The van der Waals surface area contributed by atoms with Crippen LogP contribution in [0.4, 0.5) is 5.69 Å². The quantitative estimate of drug-likeness (QED) is 0.316. The molecule has 1 atom stereocenters. The average molecular weight is 541 g/mol. The maximum Gasteiger partial charge on any atom is 0.191 e. The van der Waals surface area contributed by atoms with Crippen LogP contribution in [0.1, 0.15) is 31.4 Å². The van der Waals surface area contributed by atoms with Crippen molar-refractivity contribution in [3.05, 3.63) is 29.8 Å². The first-order valence-electron chi connectivity index (χ1n) is 10.6. The predicted octanol–water partition coefficient (Wildman–Crippen LogP) is 2.19. The fraction of sp³-hybridized carbons (Fsp3) is 0.571. The summed E-state index contributed by atoms with van der Waals surface area (Å²) in [5.41, 5.74) is 1.11. The van der Waals surface area contributed by atoms with Crippen LogP contribution in [0.15, 0.2) is 23.2 Å². The van der Waals surface area contributed by atoms with Crippen molar-refractivity contribution >= 4 is 35.6 Å². The lowest BCUT2D eigenvalue weighted by atomic mass is 10.2. The summed E-state index contributed by atoms with van der Waals surface area (Å²) in [6.45, 7) is 6.28. The molecule has 1 saturated heterocycles. The summed E-state index contributed by atoms with van der Waals surface area (Å²) in [6.07, 6.45) is 3.19. The molecule has 1 aromatic carbocycles. The fourth-order valence-electron chi connectivity index (χ4n) is 4.08. The van der Waals surface area contributed by atoms with Gasteiger partial charge in [-0.2, -0.15) is 0 Å². The van der Waals surface area contributed by atoms with Gasteiger partial charge in [-0.05, 0) is 19.8 Å². The predicted molar refractivity (Wildman–Crippen MR) is 132 cm³/mol. The van der Waals surface area contributed by atoms with E-state index in [9.17, 15) is 0 Å². The van der Waals surface area contributed by atoms with Gasteiger partial charge < -0.3 is 29.6 Å². The number of nitrogens with one attached hydrogen (secondary N) is 2. The highest BCUT2D eigenvalue weighted by Crippen LogP contribution is 2.30. The molecule has 0 amide bonds. The molecule has 2 N–H and O–H groups in total. The van der Waals surface area contributed by atoms with E-state index >= 15 is 0 Å². The Hall–Kier alpha value is -2.24. The first kappa shape index (κ1) is 23.4. The standard InChI is InChI=1S/C21H31N7O2.HI/c1-4-22-21(23-13-20-26-25-19-6-5-8-28(19)20)24-15-7-9-27(14-15)16-10-17(29-2)12-18(11-16)30-3;/h10-12,15H,4-9,13-14H2,1-3H3,(H2,22,23,24);1H. The number of hydrogen-bond donors (Lipinski definition) is 2. The molecule has 0 spiro atoms. The zero-order valence-corrected chi connectivity index (χ0v) is 20.8. The van der Waals surface area contributed by atoms with Gasteiger partial charge in [-0.3, -0.25) is 0 Å². The molecule has 0 bridgehead atoms. The Bertz CT molecular complexity index is 880. The van der Waals surface area contributed by atoms with Crippen LogP contribution in [0.2, 0.25) is 0 Å². The second-order valence-corrected chi connectivity index (χ2v) is 7.63. The van der Waals surface area contributed by atoms with Crippen LogP contribution in [0.5, 0.6) is 11.5 Å². The van der Waals surface area contributed by atoms with Gasteiger partial charge in [0, 0.05) is 62.5 Å². The number of anilines is 1.